The number of anilines is 1. The molecule has 0 aliphatic carbocycles. The largest absolute Gasteiger partial charge is 0.472 e. The molecule has 0 saturated carbocycles. The summed E-state index contributed by atoms with van der Waals surface area (Å²) >= 11 is 0. The quantitative estimate of drug-likeness (QED) is 0.0320. The summed E-state index contributed by atoms with van der Waals surface area (Å²) in [5, 5.41) is 35.2. The number of benzene rings is 1. The Hall–Kier alpha value is -3.29. The van der Waals surface area contributed by atoms with Crippen molar-refractivity contribution < 1.29 is 47.3 Å². The van der Waals surface area contributed by atoms with Crippen LogP contribution in [0, 0.1) is 17.1 Å². The van der Waals surface area contributed by atoms with Gasteiger partial charge in [0.05, 0.1) is 43.8 Å². The number of halogens is 1. The molecule has 1 unspecified atom stereocenters. The summed E-state index contributed by atoms with van der Waals surface area (Å²) in [6.45, 7) is 3.12. The molecule has 1 saturated heterocycles. The molecular formula is C41H61FN5O9P. The van der Waals surface area contributed by atoms with E-state index in [9.17, 15) is 29.3 Å². The van der Waals surface area contributed by atoms with Crippen LogP contribution in [0.1, 0.15) is 121 Å². The molecule has 57 heavy (non-hydrogen) atoms. The summed E-state index contributed by atoms with van der Waals surface area (Å²) in [5.74, 6) is -0.384. The summed E-state index contributed by atoms with van der Waals surface area (Å²) in [6.07, 6.45) is 17.6. The number of aliphatic hydroxyl groups is 2. The van der Waals surface area contributed by atoms with Gasteiger partial charge < -0.3 is 35.1 Å². The van der Waals surface area contributed by atoms with E-state index < -0.39 is 56.9 Å². The van der Waals surface area contributed by atoms with E-state index in [1.165, 1.54) is 80.8 Å². The molecule has 14 nitrogen and oxygen atoms in total. The first-order chi connectivity index (χ1) is 27.5. The Kier molecular flexibility index (Phi) is 19.5. The van der Waals surface area contributed by atoms with Gasteiger partial charge in [0.25, 0.3) is 0 Å². The predicted octanol–water partition coefficient (Wildman–Crippen LogP) is 7.43. The van der Waals surface area contributed by atoms with Crippen LogP contribution in [0.25, 0.3) is 5.52 Å². The highest BCUT2D eigenvalue weighted by molar-refractivity contribution is 7.47. The van der Waals surface area contributed by atoms with Crippen molar-refractivity contribution in [3.05, 3.63) is 71.4 Å². The normalized spacial score (nSPS) is 21.3. The minimum Gasteiger partial charge on any atom is -0.387 e. The number of nitrogens with zero attached hydrogens (tertiary/aromatic N) is 4. The first kappa shape index (κ1) is 46.4. The molecule has 1 aromatic carbocycles. The molecule has 5 N–H and O–H groups in total. The monoisotopic (exact) mass is 817 g/mol. The van der Waals surface area contributed by atoms with Gasteiger partial charge in [-0.15, -0.1) is 0 Å². The molecular weight excluding hydrogens is 756 g/mol. The first-order valence-electron chi connectivity index (χ1n) is 20.3. The van der Waals surface area contributed by atoms with E-state index in [0.29, 0.717) is 23.4 Å². The molecule has 0 bridgehead atoms. The van der Waals surface area contributed by atoms with Gasteiger partial charge in [0.15, 0.2) is 5.82 Å². The number of rotatable bonds is 28. The number of aliphatic hydroxyl groups excluding tert-OH is 2. The Morgan fingerprint density at radius 3 is 2.40 bits per heavy atom. The van der Waals surface area contributed by atoms with Gasteiger partial charge >= 0.3 is 7.82 Å². The van der Waals surface area contributed by atoms with Crippen LogP contribution in [0.2, 0.25) is 0 Å². The first-order valence-corrected chi connectivity index (χ1v) is 21.8. The van der Waals surface area contributed by atoms with Gasteiger partial charge in [-0.2, -0.15) is 10.4 Å². The zero-order valence-corrected chi connectivity index (χ0v) is 34.2. The van der Waals surface area contributed by atoms with E-state index in [-0.39, 0.29) is 24.6 Å². The number of phosphoric acid groups is 1. The highest BCUT2D eigenvalue weighted by atomic mass is 31.2. The number of hydrogen-bond donors (Lipinski definition) is 4. The van der Waals surface area contributed by atoms with Crippen LogP contribution in [-0.4, -0.2) is 80.5 Å². The fourth-order valence-corrected chi connectivity index (χ4v) is 7.63. The number of nitriles is 1. The van der Waals surface area contributed by atoms with Gasteiger partial charge in [-0.1, -0.05) is 76.9 Å². The average molecular weight is 818 g/mol. The lowest BCUT2D eigenvalue weighted by molar-refractivity contribution is -0.0901. The third kappa shape index (κ3) is 14.8. The Bertz CT molecular complexity index is 1770. The maximum atomic E-state index is 14.1. The molecule has 1 aliphatic heterocycles. The Morgan fingerprint density at radius 1 is 1.02 bits per heavy atom. The minimum atomic E-state index is -4.75. The zero-order valence-electron chi connectivity index (χ0n) is 33.3. The number of nitrogens with two attached hydrogens (primary N) is 1. The van der Waals surface area contributed by atoms with Gasteiger partial charge in [-0.25, -0.2) is 18.5 Å². The minimum absolute atomic E-state index is 0.0137. The van der Waals surface area contributed by atoms with E-state index >= 15 is 0 Å². The van der Waals surface area contributed by atoms with Crippen LogP contribution < -0.4 is 5.73 Å². The third-order valence-corrected chi connectivity index (χ3v) is 11.1. The second kappa shape index (κ2) is 24.0. The van der Waals surface area contributed by atoms with Crippen LogP contribution >= 0.6 is 7.82 Å². The lowest BCUT2D eigenvalue weighted by Gasteiger charge is -2.27. The molecule has 1 aliphatic rings. The van der Waals surface area contributed by atoms with Crippen molar-refractivity contribution in [2.75, 3.05) is 32.2 Å². The highest BCUT2D eigenvalue weighted by Crippen LogP contribution is 2.46. The number of allylic oxidation sites excluding steroid dienone is 2. The lowest BCUT2D eigenvalue weighted by atomic mass is 9.93. The third-order valence-electron chi connectivity index (χ3n) is 10.2. The fraction of sp³-hybridized carbons (Fsp3) is 0.634. The predicted molar refractivity (Wildman–Crippen MR) is 213 cm³/mol. The van der Waals surface area contributed by atoms with E-state index in [4.69, 9.17) is 29.0 Å². The molecule has 4 rings (SSSR count). The second-order valence-corrected chi connectivity index (χ2v) is 16.3. The topological polar surface area (TPSA) is 204 Å². The molecule has 6 atom stereocenters. The van der Waals surface area contributed by atoms with Gasteiger partial charge in [0.1, 0.15) is 47.7 Å². The van der Waals surface area contributed by atoms with Crippen molar-refractivity contribution in [1.29, 1.82) is 5.26 Å². The van der Waals surface area contributed by atoms with Gasteiger partial charge in [-0.3, -0.25) is 9.05 Å². The van der Waals surface area contributed by atoms with E-state index in [1.807, 2.05) is 6.07 Å². The zero-order chi connectivity index (χ0) is 41.1. The molecule has 0 spiro atoms. The van der Waals surface area contributed by atoms with E-state index in [1.54, 1.807) is 19.1 Å². The van der Waals surface area contributed by atoms with Gasteiger partial charge in [0, 0.05) is 6.61 Å². The number of fused-ring (bicyclic) bond motifs is 1. The van der Waals surface area contributed by atoms with Crippen LogP contribution in [-0.2, 0) is 40.0 Å². The molecule has 3 aromatic rings. The fourth-order valence-electron chi connectivity index (χ4n) is 6.86. The second-order valence-electron chi connectivity index (χ2n) is 14.8. The maximum Gasteiger partial charge on any atom is 0.472 e. The van der Waals surface area contributed by atoms with E-state index in [2.05, 4.69) is 29.2 Å². The Morgan fingerprint density at radius 2 is 1.70 bits per heavy atom. The van der Waals surface area contributed by atoms with Crippen molar-refractivity contribution in [1.82, 2.24) is 14.6 Å². The number of nitrogen functional groups attached to an aromatic ring is 1. The van der Waals surface area contributed by atoms with Gasteiger partial charge in [0.2, 0.25) is 0 Å². The number of unbranched alkanes of at least 4 members (excludes halogenated alkanes) is 12. The summed E-state index contributed by atoms with van der Waals surface area (Å²) in [6, 6.07) is 9.02. The van der Waals surface area contributed by atoms with Gasteiger partial charge in [-0.05, 0) is 74.9 Å². The molecule has 316 valence electrons. The molecule has 2 aromatic heterocycles. The maximum absolute atomic E-state index is 14.1. The van der Waals surface area contributed by atoms with Crippen molar-refractivity contribution in [2.24, 2.45) is 0 Å². The van der Waals surface area contributed by atoms with E-state index in [0.717, 1.165) is 38.2 Å². The lowest BCUT2D eigenvalue weighted by Crippen LogP contribution is -2.39. The molecule has 0 amide bonds. The van der Waals surface area contributed by atoms with Crippen LogP contribution in [0.5, 0.6) is 0 Å². The average Bonchev–Trinajstić information content (AvgIpc) is 3.73. The van der Waals surface area contributed by atoms with Crippen molar-refractivity contribution >= 4 is 19.2 Å². The standard InChI is InChI=1S/C41H61FN5O9P/c1-3-4-5-6-7-8-9-10-11-12-13-14-15-16-17-18-21-52-27-34(53-26-32-22-31(25-43)23-33(42)24-32)28-54-57(50,51)55-29-36-38(48)39(49)41(2,56-36)37-20-19-35-40(44)45-30-46-47(35)37/h10-11,19-20,22-24,30,34,36,38-39,48-49H,3-9,12-18,21,26-29H2,1-2H3,(H,50,51)(H2,44,45,46)/b11-10-/t34-,36-,38-,39-,41+/m1/s1. The summed E-state index contributed by atoms with van der Waals surface area (Å²) in [5.41, 5.74) is 5.83. The summed E-state index contributed by atoms with van der Waals surface area (Å²) in [4.78, 5) is 14.5. The highest BCUT2D eigenvalue weighted by Gasteiger charge is 2.54. The smallest absolute Gasteiger partial charge is 0.387 e. The number of phosphoric ester groups is 1. The van der Waals surface area contributed by atoms with Crippen molar-refractivity contribution in [3.63, 3.8) is 0 Å². The number of ether oxygens (including phenoxy) is 3. The summed E-state index contributed by atoms with van der Waals surface area (Å²) < 4.78 is 56.7. The molecule has 1 fully saturated rings. The molecule has 16 heteroatoms. The van der Waals surface area contributed by atoms with Crippen LogP contribution in [0.15, 0.2) is 48.8 Å². The van der Waals surface area contributed by atoms with Crippen molar-refractivity contribution in [2.45, 2.75) is 140 Å². The molecule has 0 radical (unpaired) electrons. The SMILES string of the molecule is CCCCCCCC/C=C\CCCCCCCCOC[C@H](COP(=O)(O)OC[C@H]1O[C@@](C)(c2ccc3c(N)ncnn23)[C@H](O)[C@@H]1O)OCc1cc(F)cc(C#N)c1. The van der Waals surface area contributed by atoms with Crippen LogP contribution in [0.3, 0.4) is 0 Å². The summed E-state index contributed by atoms with van der Waals surface area (Å²) in [7, 11) is -4.75. The number of aromatic nitrogens is 3. The Balaban J connectivity index is 1.19. The van der Waals surface area contributed by atoms with Crippen molar-refractivity contribution in [3.8, 4) is 6.07 Å². The number of hydrogen-bond acceptors (Lipinski definition) is 12. The molecule has 3 heterocycles. The Labute approximate surface area is 335 Å². The van der Waals surface area contributed by atoms with Crippen LogP contribution in [0.4, 0.5) is 10.2 Å².